The van der Waals surface area contributed by atoms with E-state index in [1.54, 1.807) is 0 Å². The zero-order chi connectivity index (χ0) is 15.7. The van der Waals surface area contributed by atoms with Crippen molar-refractivity contribution in [2.45, 2.75) is 6.55 Å². The second-order valence-electron chi connectivity index (χ2n) is 6.23. The Morgan fingerprint density at radius 1 is 0.630 bits per heavy atom. The first-order chi connectivity index (χ1) is 11.3. The molecule has 0 aliphatic rings. The molecule has 0 N–H and O–H groups in total. The number of rotatable bonds is 3. The van der Waals surface area contributed by atoms with Crippen molar-refractivity contribution >= 4 is 34.4 Å². The van der Waals surface area contributed by atoms with E-state index in [0.717, 1.165) is 0 Å². The second-order valence-corrected chi connectivity index (χ2v) is 10.2. The Hall–Kier alpha value is -0.929. The maximum Gasteiger partial charge on any atom is 4.00 e. The summed E-state index contributed by atoms with van der Waals surface area (Å²) in [5.41, 5.74) is 0. The molecule has 0 amide bonds. The van der Waals surface area contributed by atoms with Gasteiger partial charge in [-0.05, 0) is 0 Å². The number of fused-ring (bicyclic) bond motifs is 1. The van der Waals surface area contributed by atoms with Crippen LogP contribution in [0.25, 0.3) is 10.8 Å². The average Bonchev–Trinajstić information content (AvgIpc) is 3.07. The zero-order valence-corrected chi connectivity index (χ0v) is 19.7. The average molecular weight is 466 g/mol. The molecule has 0 aliphatic heterocycles. The predicted molar refractivity (Wildman–Crippen MR) is 103 cm³/mol. The van der Waals surface area contributed by atoms with E-state index in [2.05, 4.69) is 104 Å². The molecule has 0 saturated carbocycles. The zero-order valence-electron chi connectivity index (χ0n) is 14.9. The topological polar surface area (TPSA) is 0 Å². The number of hydrogen-bond donors (Lipinski definition) is 0. The summed E-state index contributed by atoms with van der Waals surface area (Å²) in [6, 6.07) is 35.4. The van der Waals surface area contributed by atoms with Gasteiger partial charge in [0.25, 0.3) is 0 Å². The minimum Gasteiger partial charge on any atom is -1.00 e. The predicted octanol–water partition coefficient (Wildman–Crippen LogP) is -5.33. The first-order valence-electron chi connectivity index (χ1n) is 8.05. The Kier molecular flexibility index (Phi) is 10.8. The summed E-state index contributed by atoms with van der Waals surface area (Å²) in [4.78, 5) is 0. The van der Waals surface area contributed by atoms with Crippen molar-refractivity contribution in [2.24, 2.45) is 0 Å². The molecule has 0 fully saturated rings. The fourth-order valence-corrected chi connectivity index (χ4v) is 7.09. The van der Waals surface area contributed by atoms with Crippen LogP contribution in [0.15, 0.2) is 97.1 Å². The van der Waals surface area contributed by atoms with Crippen molar-refractivity contribution in [1.82, 2.24) is 0 Å². The molecule has 136 valence electrons. The summed E-state index contributed by atoms with van der Waals surface area (Å²) in [6.07, 6.45) is 0. The summed E-state index contributed by atoms with van der Waals surface area (Å²) < 4.78 is 0. The minimum atomic E-state index is -1.96. The molecular formula is C22H19Cl3SiTi. The van der Waals surface area contributed by atoms with Gasteiger partial charge in [0.15, 0.2) is 0 Å². The molecule has 0 unspecified atom stereocenters. The molecule has 0 atom stereocenters. The molecule has 0 saturated heterocycles. The van der Waals surface area contributed by atoms with Gasteiger partial charge in [0.2, 0.25) is 0 Å². The summed E-state index contributed by atoms with van der Waals surface area (Å²) in [5.74, 6) is 0. The molecule has 0 radical (unpaired) electrons. The van der Waals surface area contributed by atoms with E-state index < -0.39 is 8.07 Å². The van der Waals surface area contributed by atoms with Gasteiger partial charge in [-0.15, -0.1) is 34.8 Å². The molecule has 0 heterocycles. The SMILES string of the molecule is C[Si](c1ccccc1)(c1ccccc1)c1cc2ccccc2[cH-]1.[Cl-].[Cl-].[Cl-].[Ti+4]. The molecule has 0 nitrogen and oxygen atoms in total. The fourth-order valence-electron chi connectivity index (χ4n) is 3.48. The van der Waals surface area contributed by atoms with Gasteiger partial charge in [0.1, 0.15) is 8.07 Å². The Morgan fingerprint density at radius 2 is 1.07 bits per heavy atom. The van der Waals surface area contributed by atoms with Gasteiger partial charge >= 0.3 is 21.7 Å². The first-order valence-corrected chi connectivity index (χ1v) is 10.6. The molecule has 4 rings (SSSR count). The number of benzene rings is 3. The summed E-state index contributed by atoms with van der Waals surface area (Å²) in [5, 5.41) is 7.08. The largest absolute Gasteiger partial charge is 4.00 e. The van der Waals surface area contributed by atoms with Crippen LogP contribution in [0, 0.1) is 0 Å². The van der Waals surface area contributed by atoms with E-state index in [4.69, 9.17) is 0 Å². The Labute approximate surface area is 195 Å². The van der Waals surface area contributed by atoms with E-state index >= 15 is 0 Å². The van der Waals surface area contributed by atoms with Gasteiger partial charge in [-0.2, -0.15) is 11.5 Å². The molecule has 27 heavy (non-hydrogen) atoms. The molecule has 0 aromatic heterocycles. The van der Waals surface area contributed by atoms with Gasteiger partial charge in [-0.25, -0.2) is 0 Å². The van der Waals surface area contributed by atoms with Crippen molar-refractivity contribution < 1.29 is 58.9 Å². The Balaban J connectivity index is 0.00000169. The Morgan fingerprint density at radius 3 is 1.56 bits per heavy atom. The maximum absolute atomic E-state index is 2.46. The second kappa shape index (κ2) is 11.2. The van der Waals surface area contributed by atoms with E-state index in [1.807, 2.05) is 0 Å². The third kappa shape index (κ3) is 4.92. The first kappa shape index (κ1) is 26.1. The van der Waals surface area contributed by atoms with E-state index in [-0.39, 0.29) is 58.9 Å². The summed E-state index contributed by atoms with van der Waals surface area (Å²) >= 11 is 0. The molecule has 0 aliphatic carbocycles. The van der Waals surface area contributed by atoms with Crippen LogP contribution in [0.4, 0.5) is 0 Å². The van der Waals surface area contributed by atoms with Crippen molar-refractivity contribution in [3.63, 3.8) is 0 Å². The third-order valence-corrected chi connectivity index (χ3v) is 9.32. The van der Waals surface area contributed by atoms with Crippen LogP contribution >= 0.6 is 0 Å². The van der Waals surface area contributed by atoms with Crippen molar-refractivity contribution in [3.8, 4) is 0 Å². The maximum atomic E-state index is 2.46. The van der Waals surface area contributed by atoms with E-state index in [1.165, 1.54) is 26.3 Å². The molecule has 0 spiro atoms. The number of halogens is 3. The van der Waals surface area contributed by atoms with Gasteiger partial charge in [-0.3, -0.25) is 0 Å². The van der Waals surface area contributed by atoms with Crippen LogP contribution in [0.5, 0.6) is 0 Å². The van der Waals surface area contributed by atoms with E-state index in [9.17, 15) is 0 Å². The molecule has 4 aromatic carbocycles. The fraction of sp³-hybridized carbons (Fsp3) is 0.0455. The summed E-state index contributed by atoms with van der Waals surface area (Å²) in [6.45, 7) is 2.46. The molecule has 4 aromatic rings. The Bertz CT molecular complexity index is 867. The monoisotopic (exact) mass is 464 g/mol. The molecule has 0 bridgehead atoms. The van der Waals surface area contributed by atoms with Crippen LogP contribution in [0.1, 0.15) is 0 Å². The van der Waals surface area contributed by atoms with Gasteiger partial charge in [-0.1, -0.05) is 83.7 Å². The van der Waals surface area contributed by atoms with Gasteiger partial charge < -0.3 is 37.2 Å². The van der Waals surface area contributed by atoms with Crippen molar-refractivity contribution in [3.05, 3.63) is 97.1 Å². The van der Waals surface area contributed by atoms with E-state index in [0.29, 0.717) is 0 Å². The minimum absolute atomic E-state index is 0. The van der Waals surface area contributed by atoms with Crippen LogP contribution in [-0.2, 0) is 21.7 Å². The third-order valence-electron chi connectivity index (χ3n) is 4.90. The standard InChI is InChI=1S/C22H19Si.3ClH.Ti/c1-23(20-12-4-2-5-13-20,21-14-6-3-7-15-21)22-16-18-10-8-9-11-19(18)17-22;;;;/h2-17H,1H3;3*1H;/q-1;;;;+4/p-3. The normalized spacial score (nSPS) is 9.96. The smallest absolute Gasteiger partial charge is 1.00 e. The van der Waals surface area contributed by atoms with Crippen molar-refractivity contribution in [2.75, 3.05) is 0 Å². The molecule has 5 heteroatoms. The van der Waals surface area contributed by atoms with Crippen LogP contribution in [-0.4, -0.2) is 8.07 Å². The van der Waals surface area contributed by atoms with Crippen molar-refractivity contribution in [1.29, 1.82) is 0 Å². The van der Waals surface area contributed by atoms with Crippen LogP contribution in [0.2, 0.25) is 6.55 Å². The summed E-state index contributed by atoms with van der Waals surface area (Å²) in [7, 11) is -1.96. The van der Waals surface area contributed by atoms with Gasteiger partial charge in [0, 0.05) is 0 Å². The van der Waals surface area contributed by atoms with Crippen LogP contribution < -0.4 is 52.8 Å². The molecular weight excluding hydrogens is 447 g/mol. The van der Waals surface area contributed by atoms with Gasteiger partial charge in [0.05, 0.1) is 0 Å². The number of hydrogen-bond acceptors (Lipinski definition) is 0. The van der Waals surface area contributed by atoms with Crippen LogP contribution in [0.3, 0.4) is 0 Å². The quantitative estimate of drug-likeness (QED) is 0.210.